The van der Waals surface area contributed by atoms with Crippen molar-refractivity contribution in [3.05, 3.63) is 35.1 Å². The van der Waals surface area contributed by atoms with E-state index in [0.29, 0.717) is 0 Å². The number of rotatable bonds is 3. The molecule has 2 N–H and O–H groups in total. The molecule has 0 amide bonds. The van der Waals surface area contributed by atoms with Gasteiger partial charge in [0.05, 0.1) is 16.9 Å². The fourth-order valence-electron chi connectivity index (χ4n) is 1.25. The van der Waals surface area contributed by atoms with Gasteiger partial charge < -0.3 is 15.2 Å². The summed E-state index contributed by atoms with van der Waals surface area (Å²) in [6, 6.07) is 3.75. The van der Waals surface area contributed by atoms with Gasteiger partial charge in [-0.3, -0.25) is 0 Å². The molecule has 1 aromatic carbocycles. The van der Waals surface area contributed by atoms with E-state index in [9.17, 15) is 13.2 Å². The van der Waals surface area contributed by atoms with Crippen LogP contribution >= 0.6 is 15.9 Å². The van der Waals surface area contributed by atoms with Gasteiger partial charge in [-0.1, -0.05) is 0 Å². The molecule has 20 heavy (non-hydrogen) atoms. The van der Waals surface area contributed by atoms with Crippen LogP contribution in [0.4, 0.5) is 19.0 Å². The second-order valence-corrected chi connectivity index (χ2v) is 4.38. The molecule has 0 unspecified atom stereocenters. The second kappa shape index (κ2) is 5.53. The third kappa shape index (κ3) is 3.98. The van der Waals surface area contributed by atoms with Crippen LogP contribution in [0.25, 0.3) is 0 Å². The zero-order chi connectivity index (χ0) is 14.8. The number of anilines is 1. The molecule has 2 aromatic rings. The van der Waals surface area contributed by atoms with Crippen molar-refractivity contribution in [3.63, 3.8) is 0 Å². The molecule has 0 radical (unpaired) electrons. The summed E-state index contributed by atoms with van der Waals surface area (Å²) >= 11 is 2.96. The van der Waals surface area contributed by atoms with E-state index in [-0.39, 0.29) is 27.7 Å². The minimum absolute atomic E-state index is 0.0933. The highest BCUT2D eigenvalue weighted by atomic mass is 79.9. The van der Waals surface area contributed by atoms with E-state index in [2.05, 4.69) is 30.6 Å². The summed E-state index contributed by atoms with van der Waals surface area (Å²) < 4.78 is 45.5. The predicted molar refractivity (Wildman–Crippen MR) is 67.3 cm³/mol. The van der Waals surface area contributed by atoms with Crippen LogP contribution in [0.2, 0.25) is 0 Å². The number of ether oxygens (including phenoxy) is 2. The van der Waals surface area contributed by atoms with Crippen LogP contribution < -0.4 is 15.2 Å². The van der Waals surface area contributed by atoms with Crippen molar-refractivity contribution >= 4 is 21.7 Å². The summed E-state index contributed by atoms with van der Waals surface area (Å²) in [4.78, 5) is 7.62. The zero-order valence-electron chi connectivity index (χ0n) is 9.69. The molecule has 0 aliphatic carbocycles. The molecule has 1 heterocycles. The first-order chi connectivity index (χ1) is 9.33. The van der Waals surface area contributed by atoms with Crippen molar-refractivity contribution in [3.8, 4) is 17.4 Å². The molecular weight excluding hydrogens is 343 g/mol. The van der Waals surface area contributed by atoms with E-state index in [1.165, 1.54) is 24.5 Å². The van der Waals surface area contributed by atoms with Crippen molar-refractivity contribution in [1.29, 1.82) is 0 Å². The number of halogens is 4. The van der Waals surface area contributed by atoms with Gasteiger partial charge >= 0.3 is 6.36 Å². The van der Waals surface area contributed by atoms with Crippen LogP contribution in [-0.2, 0) is 0 Å². The van der Waals surface area contributed by atoms with Crippen LogP contribution in [0.1, 0.15) is 0 Å². The van der Waals surface area contributed by atoms with Gasteiger partial charge in [0.15, 0.2) is 0 Å². The van der Waals surface area contributed by atoms with E-state index in [0.717, 1.165) is 6.07 Å². The molecule has 0 atom stereocenters. The average molecular weight is 350 g/mol. The smallest absolute Gasteiger partial charge is 0.437 e. The van der Waals surface area contributed by atoms with Crippen LogP contribution in [0.3, 0.4) is 0 Å². The maximum absolute atomic E-state index is 12.1. The molecule has 0 aliphatic rings. The Morgan fingerprint density at radius 2 is 1.90 bits per heavy atom. The first-order valence-corrected chi connectivity index (χ1v) is 5.93. The highest BCUT2D eigenvalue weighted by Gasteiger charge is 2.32. The third-order valence-corrected chi connectivity index (χ3v) is 2.62. The number of nitrogens with zero attached hydrogens (tertiary/aromatic N) is 2. The Morgan fingerprint density at radius 1 is 1.15 bits per heavy atom. The predicted octanol–water partition coefficient (Wildman–Crippen LogP) is 3.51. The molecule has 106 valence electrons. The fraction of sp³-hybridized carbons (Fsp3) is 0.0909. The lowest BCUT2D eigenvalue weighted by Gasteiger charge is -2.11. The molecule has 9 heteroatoms. The molecular formula is C11H7BrF3N3O2. The van der Waals surface area contributed by atoms with Gasteiger partial charge in [0.1, 0.15) is 17.3 Å². The number of hydrogen-bond donors (Lipinski definition) is 1. The van der Waals surface area contributed by atoms with E-state index < -0.39 is 6.36 Å². The van der Waals surface area contributed by atoms with Crippen molar-refractivity contribution < 1.29 is 22.6 Å². The third-order valence-electron chi connectivity index (χ3n) is 2.00. The summed E-state index contributed by atoms with van der Waals surface area (Å²) in [7, 11) is 0. The number of alkyl halides is 3. The van der Waals surface area contributed by atoms with Gasteiger partial charge in [-0.2, -0.15) is 0 Å². The topological polar surface area (TPSA) is 70.3 Å². The van der Waals surface area contributed by atoms with Gasteiger partial charge in [0, 0.05) is 0 Å². The largest absolute Gasteiger partial charge is 0.573 e. The van der Waals surface area contributed by atoms with E-state index >= 15 is 0 Å². The van der Waals surface area contributed by atoms with Crippen molar-refractivity contribution in [1.82, 2.24) is 9.97 Å². The highest BCUT2D eigenvalue weighted by Crippen LogP contribution is 2.34. The summed E-state index contributed by atoms with van der Waals surface area (Å²) in [5.74, 6) is 0.293. The van der Waals surface area contributed by atoms with Crippen LogP contribution in [0, 0.1) is 0 Å². The maximum Gasteiger partial charge on any atom is 0.573 e. The molecule has 0 saturated carbocycles. The average Bonchev–Trinajstić information content (AvgIpc) is 2.34. The Hall–Kier alpha value is -2.03. The molecule has 0 fully saturated rings. The molecule has 5 nitrogen and oxygen atoms in total. The monoisotopic (exact) mass is 349 g/mol. The zero-order valence-corrected chi connectivity index (χ0v) is 11.3. The molecule has 2 rings (SSSR count). The normalized spacial score (nSPS) is 11.2. The van der Waals surface area contributed by atoms with Gasteiger partial charge in [-0.05, 0) is 34.1 Å². The van der Waals surface area contributed by atoms with Gasteiger partial charge in [0.25, 0.3) is 0 Å². The lowest BCUT2D eigenvalue weighted by molar-refractivity contribution is -0.274. The number of aromatic nitrogens is 2. The number of nitrogens with two attached hydrogens (primary N) is 1. The Morgan fingerprint density at radius 3 is 2.45 bits per heavy atom. The second-order valence-electron chi connectivity index (χ2n) is 3.52. The molecule has 1 aromatic heterocycles. The molecule has 0 spiro atoms. The van der Waals surface area contributed by atoms with Gasteiger partial charge in [0.2, 0.25) is 5.88 Å². The van der Waals surface area contributed by atoms with Crippen LogP contribution in [0.5, 0.6) is 17.4 Å². The lowest BCUT2D eigenvalue weighted by atomic mass is 10.3. The van der Waals surface area contributed by atoms with Crippen LogP contribution in [0.15, 0.2) is 35.1 Å². The van der Waals surface area contributed by atoms with Crippen molar-refractivity contribution in [2.45, 2.75) is 6.36 Å². The first kappa shape index (κ1) is 14.4. The fourth-order valence-corrected chi connectivity index (χ4v) is 1.69. The Bertz CT molecular complexity index is 605. The number of benzene rings is 1. The van der Waals surface area contributed by atoms with Crippen molar-refractivity contribution in [2.24, 2.45) is 0 Å². The Balaban J connectivity index is 2.14. The molecule has 0 saturated heterocycles. The number of nitrogen functional groups attached to an aromatic ring is 1. The first-order valence-electron chi connectivity index (χ1n) is 5.14. The van der Waals surface area contributed by atoms with Gasteiger partial charge in [-0.15, -0.1) is 13.2 Å². The summed E-state index contributed by atoms with van der Waals surface area (Å²) in [5, 5.41) is 0. The van der Waals surface area contributed by atoms with Crippen molar-refractivity contribution in [2.75, 3.05) is 5.73 Å². The van der Waals surface area contributed by atoms with E-state index in [1.807, 2.05) is 0 Å². The minimum Gasteiger partial charge on any atom is -0.437 e. The summed E-state index contributed by atoms with van der Waals surface area (Å²) in [5.41, 5.74) is 5.36. The van der Waals surface area contributed by atoms with E-state index in [1.54, 1.807) is 0 Å². The maximum atomic E-state index is 12.1. The lowest BCUT2D eigenvalue weighted by Crippen LogP contribution is -2.17. The summed E-state index contributed by atoms with van der Waals surface area (Å²) in [6.07, 6.45) is -2.16. The SMILES string of the molecule is Nc1cnc(Oc2ccc(OC(F)(F)F)c(Br)c2)cn1. The minimum atomic E-state index is -4.76. The highest BCUT2D eigenvalue weighted by molar-refractivity contribution is 9.10. The van der Waals surface area contributed by atoms with Gasteiger partial charge in [-0.25, -0.2) is 9.97 Å². The standard InChI is InChI=1S/C11H7BrF3N3O2/c12-7-3-6(1-2-8(7)20-11(13,14)15)19-10-5-17-9(16)4-18-10/h1-5H,(H2,16,17). The number of hydrogen-bond acceptors (Lipinski definition) is 5. The Kier molecular flexibility index (Phi) is 3.98. The Labute approximate surface area is 119 Å². The van der Waals surface area contributed by atoms with Crippen LogP contribution in [-0.4, -0.2) is 16.3 Å². The molecule has 0 aliphatic heterocycles. The quantitative estimate of drug-likeness (QED) is 0.917. The molecule has 0 bridgehead atoms. The summed E-state index contributed by atoms with van der Waals surface area (Å²) in [6.45, 7) is 0. The van der Waals surface area contributed by atoms with E-state index in [4.69, 9.17) is 10.5 Å².